The third kappa shape index (κ3) is 5.09. The van der Waals surface area contributed by atoms with Crippen LogP contribution in [-0.2, 0) is 16.4 Å². The van der Waals surface area contributed by atoms with Gasteiger partial charge in [-0.25, -0.2) is 18.1 Å². The molecule has 1 aromatic heterocycles. The molecule has 0 radical (unpaired) electrons. The van der Waals surface area contributed by atoms with Gasteiger partial charge in [0.15, 0.2) is 0 Å². The predicted molar refractivity (Wildman–Crippen MR) is 91.4 cm³/mol. The summed E-state index contributed by atoms with van der Waals surface area (Å²) in [6.45, 7) is 0.775. The zero-order valence-corrected chi connectivity index (χ0v) is 15.1. The normalized spacial score (nSPS) is 11.9. The van der Waals surface area contributed by atoms with Gasteiger partial charge in [0.05, 0.1) is 4.90 Å². The number of amides is 1. The van der Waals surface area contributed by atoms with Crippen molar-refractivity contribution in [2.24, 2.45) is 0 Å². The third-order valence-corrected chi connectivity index (χ3v) is 5.05. The number of imidazole rings is 1. The van der Waals surface area contributed by atoms with Gasteiger partial charge in [-0.1, -0.05) is 6.07 Å². The molecule has 2 aromatic rings. The van der Waals surface area contributed by atoms with Crippen LogP contribution < -0.4 is 10.0 Å². The average molecular weight is 386 g/mol. The molecule has 1 amide bonds. The lowest BCUT2D eigenvalue weighted by atomic mass is 10.2. The number of sulfonamides is 1. The second-order valence-corrected chi connectivity index (χ2v) is 7.55. The molecule has 0 fully saturated rings. The molecule has 0 bridgehead atoms. The molecule has 0 aliphatic heterocycles. The third-order valence-electron chi connectivity index (χ3n) is 3.39. The van der Waals surface area contributed by atoms with E-state index in [4.69, 9.17) is 0 Å². The van der Waals surface area contributed by atoms with Crippen LogP contribution in [0.2, 0.25) is 0 Å². The molecule has 0 spiro atoms. The van der Waals surface area contributed by atoms with Crippen molar-refractivity contribution in [3.63, 3.8) is 0 Å². The van der Waals surface area contributed by atoms with Crippen molar-refractivity contribution in [3.8, 4) is 0 Å². The fourth-order valence-electron chi connectivity index (χ4n) is 2.29. The summed E-state index contributed by atoms with van der Waals surface area (Å²) < 4.78 is 52.9. The highest BCUT2D eigenvalue weighted by atomic mass is 32.2. The Balaban J connectivity index is 2.02. The number of halogens is 2. The molecule has 142 valence electrons. The van der Waals surface area contributed by atoms with Crippen LogP contribution in [0.3, 0.4) is 0 Å². The van der Waals surface area contributed by atoms with Crippen molar-refractivity contribution < 1.29 is 22.0 Å². The molecule has 0 aliphatic rings. The molecule has 1 heterocycles. The Labute approximate surface area is 150 Å². The van der Waals surface area contributed by atoms with Gasteiger partial charge in [0, 0.05) is 37.0 Å². The quantitative estimate of drug-likeness (QED) is 0.725. The maximum atomic E-state index is 12.7. The molecule has 0 saturated carbocycles. The summed E-state index contributed by atoms with van der Waals surface area (Å²) in [6.07, 6.45) is 2.55. The minimum atomic E-state index is -3.71. The second kappa shape index (κ2) is 8.37. The van der Waals surface area contributed by atoms with E-state index in [1.54, 1.807) is 13.8 Å². The van der Waals surface area contributed by atoms with Crippen molar-refractivity contribution in [1.29, 1.82) is 0 Å². The van der Waals surface area contributed by atoms with E-state index in [9.17, 15) is 22.0 Å². The summed E-state index contributed by atoms with van der Waals surface area (Å²) in [5.74, 6) is -0.348. The van der Waals surface area contributed by atoms with E-state index >= 15 is 0 Å². The minimum Gasteiger partial charge on any atom is -0.352 e. The summed E-state index contributed by atoms with van der Waals surface area (Å²) >= 11 is 0. The van der Waals surface area contributed by atoms with Gasteiger partial charge >= 0.3 is 6.55 Å². The van der Waals surface area contributed by atoms with Crippen LogP contribution in [0.4, 0.5) is 8.78 Å². The predicted octanol–water partition coefficient (Wildman–Crippen LogP) is 1.94. The Hall–Kier alpha value is -2.33. The first-order valence-corrected chi connectivity index (χ1v) is 9.39. The number of hydrogen-bond acceptors (Lipinski definition) is 4. The molecular formula is C16H20F2N4O3S. The van der Waals surface area contributed by atoms with Crippen LogP contribution in [-0.4, -0.2) is 36.5 Å². The number of carbonyl (C=O) groups excluding carboxylic acids is 1. The van der Waals surface area contributed by atoms with Gasteiger partial charge < -0.3 is 5.32 Å². The second-order valence-electron chi connectivity index (χ2n) is 5.84. The SMILES string of the molecule is CC(C)NS(=O)(=O)c1cccc(C(=O)NCCc2nccn2C(F)F)c1. The van der Waals surface area contributed by atoms with E-state index in [-0.39, 0.29) is 35.3 Å². The first kappa shape index (κ1) is 20.0. The first-order chi connectivity index (χ1) is 12.2. The van der Waals surface area contributed by atoms with E-state index in [2.05, 4.69) is 15.0 Å². The molecule has 0 unspecified atom stereocenters. The summed E-state index contributed by atoms with van der Waals surface area (Å²) in [4.78, 5) is 16.0. The number of aromatic nitrogens is 2. The Kier molecular flexibility index (Phi) is 6.43. The summed E-state index contributed by atoms with van der Waals surface area (Å²) in [5, 5.41) is 2.57. The highest BCUT2D eigenvalue weighted by molar-refractivity contribution is 7.89. The number of nitrogens with zero attached hydrogens (tertiary/aromatic N) is 2. The molecule has 1 aromatic carbocycles. The lowest BCUT2D eigenvalue weighted by Gasteiger charge is -2.11. The van der Waals surface area contributed by atoms with Crippen molar-refractivity contribution in [2.45, 2.75) is 37.8 Å². The maximum Gasteiger partial charge on any atom is 0.319 e. The van der Waals surface area contributed by atoms with Crippen LogP contribution in [0.15, 0.2) is 41.6 Å². The number of hydrogen-bond donors (Lipinski definition) is 2. The van der Waals surface area contributed by atoms with E-state index in [1.807, 2.05) is 0 Å². The summed E-state index contributed by atoms with van der Waals surface area (Å²) in [7, 11) is -3.71. The largest absolute Gasteiger partial charge is 0.352 e. The number of benzene rings is 1. The highest BCUT2D eigenvalue weighted by Gasteiger charge is 2.17. The topological polar surface area (TPSA) is 93.1 Å². The average Bonchev–Trinajstić information content (AvgIpc) is 3.02. The molecule has 0 aliphatic carbocycles. The Morgan fingerprint density at radius 1 is 1.31 bits per heavy atom. The number of nitrogens with one attached hydrogen (secondary N) is 2. The Morgan fingerprint density at radius 2 is 2.04 bits per heavy atom. The molecule has 2 rings (SSSR count). The van der Waals surface area contributed by atoms with E-state index in [1.165, 1.54) is 30.5 Å². The van der Waals surface area contributed by atoms with Crippen LogP contribution in [0.25, 0.3) is 0 Å². The van der Waals surface area contributed by atoms with E-state index in [0.717, 1.165) is 10.8 Å². The fourth-order valence-corrected chi connectivity index (χ4v) is 3.58. The fraction of sp³-hybridized carbons (Fsp3) is 0.375. The van der Waals surface area contributed by atoms with Crippen molar-refractivity contribution in [2.75, 3.05) is 6.54 Å². The number of alkyl halides is 2. The van der Waals surface area contributed by atoms with Crippen LogP contribution in [0.5, 0.6) is 0 Å². The molecule has 7 nitrogen and oxygen atoms in total. The molecule has 0 saturated heterocycles. The Morgan fingerprint density at radius 3 is 2.69 bits per heavy atom. The van der Waals surface area contributed by atoms with Crippen LogP contribution in [0.1, 0.15) is 36.6 Å². The Bertz CT molecular complexity index is 866. The van der Waals surface area contributed by atoms with E-state index < -0.39 is 22.5 Å². The molecule has 0 atom stereocenters. The lowest BCUT2D eigenvalue weighted by molar-refractivity contribution is 0.0670. The van der Waals surface area contributed by atoms with Gasteiger partial charge in [0.2, 0.25) is 10.0 Å². The van der Waals surface area contributed by atoms with E-state index in [0.29, 0.717) is 0 Å². The van der Waals surface area contributed by atoms with Gasteiger partial charge in [0.1, 0.15) is 5.82 Å². The highest BCUT2D eigenvalue weighted by Crippen LogP contribution is 2.13. The van der Waals surface area contributed by atoms with Crippen molar-refractivity contribution in [1.82, 2.24) is 19.6 Å². The molecule has 2 N–H and O–H groups in total. The van der Waals surface area contributed by atoms with Gasteiger partial charge in [-0.2, -0.15) is 8.78 Å². The standard InChI is InChI=1S/C16H20F2N4O3S/c1-11(2)21-26(24,25)13-5-3-4-12(10-13)15(23)20-7-6-14-19-8-9-22(14)16(17)18/h3-5,8-11,16,21H,6-7H2,1-2H3,(H,20,23). The molecular weight excluding hydrogens is 366 g/mol. The van der Waals surface area contributed by atoms with Crippen LogP contribution in [0, 0.1) is 0 Å². The van der Waals surface area contributed by atoms with Crippen molar-refractivity contribution in [3.05, 3.63) is 48.0 Å². The lowest BCUT2D eigenvalue weighted by Crippen LogP contribution is -2.31. The zero-order valence-electron chi connectivity index (χ0n) is 14.3. The molecule has 10 heteroatoms. The first-order valence-electron chi connectivity index (χ1n) is 7.91. The molecule has 26 heavy (non-hydrogen) atoms. The van der Waals surface area contributed by atoms with Gasteiger partial charge in [-0.15, -0.1) is 0 Å². The summed E-state index contributed by atoms with van der Waals surface area (Å²) in [6, 6.07) is 5.31. The van der Waals surface area contributed by atoms with Gasteiger partial charge in [-0.3, -0.25) is 9.36 Å². The van der Waals surface area contributed by atoms with Crippen LogP contribution >= 0.6 is 0 Å². The summed E-state index contributed by atoms with van der Waals surface area (Å²) in [5.41, 5.74) is 0.161. The smallest absolute Gasteiger partial charge is 0.319 e. The number of rotatable bonds is 8. The monoisotopic (exact) mass is 386 g/mol. The number of carbonyl (C=O) groups is 1. The van der Waals surface area contributed by atoms with Gasteiger partial charge in [0.25, 0.3) is 5.91 Å². The maximum absolute atomic E-state index is 12.7. The zero-order chi connectivity index (χ0) is 19.3. The minimum absolute atomic E-state index is 0.0212. The van der Waals surface area contributed by atoms with Crippen molar-refractivity contribution >= 4 is 15.9 Å². The van der Waals surface area contributed by atoms with Gasteiger partial charge in [-0.05, 0) is 32.0 Å².